The van der Waals surface area contributed by atoms with Gasteiger partial charge in [-0.2, -0.15) is 0 Å². The number of benzene rings is 1. The Morgan fingerprint density at radius 2 is 2.00 bits per heavy atom. The molecule has 3 aromatic rings. The Bertz CT molecular complexity index is 1540. The third kappa shape index (κ3) is 4.00. The summed E-state index contributed by atoms with van der Waals surface area (Å²) in [6.07, 6.45) is 2.59. The van der Waals surface area contributed by atoms with Crippen LogP contribution in [0.2, 0.25) is 5.02 Å². The summed E-state index contributed by atoms with van der Waals surface area (Å²) in [5, 5.41) is 0.729. The first kappa shape index (κ1) is 26.2. The van der Waals surface area contributed by atoms with Crippen molar-refractivity contribution in [3.05, 3.63) is 61.6 Å². The van der Waals surface area contributed by atoms with E-state index < -0.39 is 39.0 Å². The third-order valence-corrected chi connectivity index (χ3v) is 9.76. The van der Waals surface area contributed by atoms with Gasteiger partial charge in [-0.25, -0.2) is 0 Å². The fourth-order valence-corrected chi connectivity index (χ4v) is 7.67. The molecular weight excluding hydrogens is 624 g/mol. The van der Waals surface area contributed by atoms with E-state index in [0.717, 1.165) is 42.4 Å². The molecule has 202 valence electrons. The van der Waals surface area contributed by atoms with Gasteiger partial charge in [0.1, 0.15) is 0 Å². The first-order chi connectivity index (χ1) is 18.3. The van der Waals surface area contributed by atoms with Crippen LogP contribution in [-0.2, 0) is 37.9 Å². The zero-order valence-corrected chi connectivity index (χ0v) is 24.5. The quantitative estimate of drug-likeness (QED) is 0.186. The molecule has 0 aliphatic carbocycles. The molecule has 10 heteroatoms. The molecule has 0 N–H and O–H groups in total. The topological polar surface area (TPSA) is 73.7 Å². The van der Waals surface area contributed by atoms with E-state index in [9.17, 15) is 14.0 Å². The molecule has 7 nitrogen and oxygen atoms in total. The normalized spacial score (nSPS) is 21.4. The van der Waals surface area contributed by atoms with E-state index in [1.165, 1.54) is 6.07 Å². The van der Waals surface area contributed by atoms with Crippen molar-refractivity contribution < 1.29 is 38.6 Å². The van der Waals surface area contributed by atoms with Crippen molar-refractivity contribution in [2.75, 3.05) is 18.0 Å². The zero-order valence-electron chi connectivity index (χ0n) is 21.6. The molecular formula is C28H29ClFIN3O4-. The van der Waals surface area contributed by atoms with E-state index in [0.29, 0.717) is 53.5 Å². The predicted octanol–water partition coefficient (Wildman–Crippen LogP) is 1.76. The maximum atomic E-state index is 14.7. The van der Waals surface area contributed by atoms with E-state index in [2.05, 4.69) is 11.8 Å². The van der Waals surface area contributed by atoms with E-state index in [1.807, 2.05) is 17.9 Å². The maximum absolute atomic E-state index is 14.7. The number of nitrogens with zero attached hydrogens (tertiary/aromatic N) is 3. The van der Waals surface area contributed by atoms with Gasteiger partial charge >= 0.3 is 224 Å². The van der Waals surface area contributed by atoms with E-state index >= 15 is 0 Å². The SMILES string of the molecule is CC[C@@]1(O[I-]C)C(=O)OCc2c1cc1n(c2=O)Cc2c-1nc1cc(Cl)c(F)cc1c2CN1CCC(C)CC1. The number of carbonyl (C=O) groups excluding carboxylic acids is 1. The number of cyclic esters (lactones) is 1. The number of fused-ring (bicyclic) bond motifs is 5. The molecule has 5 heterocycles. The molecule has 3 aliphatic rings. The van der Waals surface area contributed by atoms with Crippen molar-refractivity contribution in [1.29, 1.82) is 0 Å². The summed E-state index contributed by atoms with van der Waals surface area (Å²) in [4.78, 5) is 36.1. The van der Waals surface area contributed by atoms with E-state index in [-0.39, 0.29) is 17.2 Å². The number of carbonyl (C=O) groups is 1. The average molecular weight is 653 g/mol. The molecule has 1 atom stereocenters. The number of alkyl halides is 1. The zero-order chi connectivity index (χ0) is 26.8. The van der Waals surface area contributed by atoms with E-state index in [4.69, 9.17) is 24.4 Å². The number of aromatic nitrogens is 2. The summed E-state index contributed by atoms with van der Waals surface area (Å²) < 4.78 is 28.0. The molecule has 0 amide bonds. The van der Waals surface area contributed by atoms with Crippen molar-refractivity contribution >= 4 is 28.5 Å². The molecule has 1 fully saturated rings. The molecule has 38 heavy (non-hydrogen) atoms. The minimum absolute atomic E-state index is 0.0107. The van der Waals surface area contributed by atoms with Gasteiger partial charge in [0.25, 0.3) is 0 Å². The molecule has 1 saturated heterocycles. The Hall–Kier alpha value is -2.08. The number of likely N-dealkylation sites (tertiary alicyclic amines) is 1. The van der Waals surface area contributed by atoms with Crippen LogP contribution >= 0.6 is 11.6 Å². The molecule has 0 bridgehead atoms. The Morgan fingerprint density at radius 3 is 2.71 bits per heavy atom. The Kier molecular flexibility index (Phi) is 6.77. The van der Waals surface area contributed by atoms with Crippen molar-refractivity contribution in [2.24, 2.45) is 5.92 Å². The number of rotatable bonds is 5. The van der Waals surface area contributed by atoms with Gasteiger partial charge in [0.2, 0.25) is 0 Å². The summed E-state index contributed by atoms with van der Waals surface area (Å²) in [6.45, 7) is 6.97. The first-order valence-corrected chi connectivity index (χ1v) is 16.3. The Morgan fingerprint density at radius 1 is 1.24 bits per heavy atom. The standard InChI is InChI=1S/C28H29ClFIN3O4/c1-4-28(38-31-3)20-10-24-25-18(13-34(24)26(35)19(20)14-37-27(28)36)17(12-33-7-5-15(2)6-8-33)16-9-22(30)21(29)11-23(16)32-25/h9-11,15H,4-8,12-14H2,1-3H3/q-1/t28-/m0/s1. The second-order valence-electron chi connectivity index (χ2n) is 10.5. The van der Waals surface area contributed by atoms with Crippen LogP contribution in [0.15, 0.2) is 23.0 Å². The average Bonchev–Trinajstić information content (AvgIpc) is 3.27. The molecule has 6 rings (SSSR count). The molecule has 0 spiro atoms. The Balaban J connectivity index is 1.57. The van der Waals surface area contributed by atoms with Gasteiger partial charge < -0.3 is 0 Å². The molecule has 3 aliphatic heterocycles. The fourth-order valence-electron chi connectivity index (χ4n) is 6.03. The van der Waals surface area contributed by atoms with Crippen LogP contribution in [0.3, 0.4) is 0 Å². The fraction of sp³-hybridized carbons (Fsp3) is 0.464. The molecule has 2 aromatic heterocycles. The number of halogens is 3. The number of hydrogen-bond acceptors (Lipinski definition) is 6. The monoisotopic (exact) mass is 652 g/mol. The van der Waals surface area contributed by atoms with Gasteiger partial charge in [-0.05, 0) is 5.92 Å². The van der Waals surface area contributed by atoms with Crippen LogP contribution < -0.4 is 27.2 Å². The second kappa shape index (κ2) is 9.83. The molecule has 0 radical (unpaired) electrons. The van der Waals surface area contributed by atoms with Gasteiger partial charge in [-0.15, -0.1) is 0 Å². The number of piperidine rings is 1. The molecule has 0 saturated carbocycles. The second-order valence-corrected chi connectivity index (χ2v) is 12.2. The number of hydrogen-bond donors (Lipinski definition) is 0. The molecule has 1 aromatic carbocycles. The van der Waals surface area contributed by atoms with Crippen molar-refractivity contribution in [3.8, 4) is 11.4 Å². The van der Waals surface area contributed by atoms with Crippen molar-refractivity contribution in [3.63, 3.8) is 0 Å². The summed E-state index contributed by atoms with van der Waals surface area (Å²) in [7, 11) is 0. The van der Waals surface area contributed by atoms with Crippen molar-refractivity contribution in [1.82, 2.24) is 14.5 Å². The van der Waals surface area contributed by atoms with Gasteiger partial charge in [-0.1, -0.05) is 6.92 Å². The van der Waals surface area contributed by atoms with Crippen LogP contribution in [-0.4, -0.2) is 38.4 Å². The number of ether oxygens (including phenoxy) is 1. The van der Waals surface area contributed by atoms with Crippen LogP contribution in [0.1, 0.15) is 55.4 Å². The van der Waals surface area contributed by atoms with Crippen LogP contribution in [0, 0.1) is 11.7 Å². The van der Waals surface area contributed by atoms with Gasteiger partial charge in [0.15, 0.2) is 0 Å². The first-order valence-electron chi connectivity index (χ1n) is 12.9. The summed E-state index contributed by atoms with van der Waals surface area (Å²) in [6, 6.07) is 4.92. The van der Waals surface area contributed by atoms with Crippen LogP contribution in [0.5, 0.6) is 0 Å². The van der Waals surface area contributed by atoms with Gasteiger partial charge in [0, 0.05) is 0 Å². The minimum atomic E-state index is -1.29. The number of pyridine rings is 2. The third-order valence-electron chi connectivity index (χ3n) is 8.28. The summed E-state index contributed by atoms with van der Waals surface area (Å²) in [5.41, 5.74) is 3.33. The van der Waals surface area contributed by atoms with Crippen molar-refractivity contribution in [2.45, 2.75) is 58.4 Å². The van der Waals surface area contributed by atoms with E-state index in [1.54, 1.807) is 10.6 Å². The van der Waals surface area contributed by atoms with Crippen LogP contribution in [0.4, 0.5) is 4.39 Å². The van der Waals surface area contributed by atoms with Crippen LogP contribution in [0.25, 0.3) is 22.3 Å². The number of esters is 1. The predicted molar refractivity (Wildman–Crippen MR) is 138 cm³/mol. The Labute approximate surface area is 236 Å². The van der Waals surface area contributed by atoms with Gasteiger partial charge in [0.05, 0.1) is 0 Å². The van der Waals surface area contributed by atoms with Gasteiger partial charge in [-0.3, -0.25) is 0 Å². The summed E-state index contributed by atoms with van der Waals surface area (Å²) in [5.74, 6) is -0.251. The summed E-state index contributed by atoms with van der Waals surface area (Å²) >= 11 is 5.45. The molecule has 0 unspecified atom stereocenters.